The number of benzene rings is 1. The van der Waals surface area contributed by atoms with Crippen LogP contribution in [0.1, 0.15) is 16.5 Å². The number of thiophene rings is 1. The van der Waals surface area contributed by atoms with Crippen molar-refractivity contribution in [1.29, 1.82) is 0 Å². The molecule has 0 spiro atoms. The molecule has 0 aliphatic heterocycles. The summed E-state index contributed by atoms with van der Waals surface area (Å²) >= 11 is 1.46. The maximum absolute atomic E-state index is 11.8. The molecule has 1 unspecified atom stereocenters. The van der Waals surface area contributed by atoms with Crippen molar-refractivity contribution in [3.8, 4) is 11.5 Å². The zero-order chi connectivity index (χ0) is 16.7. The van der Waals surface area contributed by atoms with Crippen LogP contribution in [0.3, 0.4) is 0 Å². The van der Waals surface area contributed by atoms with Crippen molar-refractivity contribution in [3.05, 3.63) is 52.2 Å². The molecule has 2 N–H and O–H groups in total. The lowest BCUT2D eigenvalue weighted by molar-refractivity contribution is -0.116. The van der Waals surface area contributed by atoms with Gasteiger partial charge < -0.3 is 19.9 Å². The van der Waals surface area contributed by atoms with Gasteiger partial charge >= 0.3 is 0 Å². The predicted octanol–water partition coefficient (Wildman–Crippen LogP) is 2.63. The Hall–Kier alpha value is -2.31. The molecule has 1 amide bonds. The number of nitrogens with one attached hydrogen (secondary N) is 1. The number of amides is 1. The highest BCUT2D eigenvalue weighted by Gasteiger charge is 2.09. The monoisotopic (exact) mass is 333 g/mol. The van der Waals surface area contributed by atoms with Gasteiger partial charge in [0.2, 0.25) is 5.91 Å². The number of carbonyl (C=O) groups excluding carboxylic acids is 1. The fourth-order valence-electron chi connectivity index (χ4n) is 1.97. The lowest BCUT2D eigenvalue weighted by atomic mass is 10.2. The van der Waals surface area contributed by atoms with E-state index in [0.717, 1.165) is 10.4 Å². The average molecular weight is 333 g/mol. The van der Waals surface area contributed by atoms with Gasteiger partial charge in [-0.05, 0) is 35.2 Å². The number of methoxy groups -OCH3 is 2. The molecule has 1 aromatic heterocycles. The summed E-state index contributed by atoms with van der Waals surface area (Å²) in [5.74, 6) is 0.965. The Kier molecular flexibility index (Phi) is 6.19. The molecule has 0 radical (unpaired) electrons. The Labute approximate surface area is 139 Å². The van der Waals surface area contributed by atoms with E-state index in [9.17, 15) is 9.90 Å². The fourth-order valence-corrected chi connectivity index (χ4v) is 2.68. The maximum Gasteiger partial charge on any atom is 0.244 e. The molecular weight excluding hydrogens is 314 g/mol. The van der Waals surface area contributed by atoms with Gasteiger partial charge in [0.15, 0.2) is 11.5 Å². The van der Waals surface area contributed by atoms with Crippen molar-refractivity contribution in [2.45, 2.75) is 6.10 Å². The molecule has 0 saturated heterocycles. The molecule has 0 aliphatic carbocycles. The van der Waals surface area contributed by atoms with E-state index in [-0.39, 0.29) is 12.5 Å². The maximum atomic E-state index is 11.8. The van der Waals surface area contributed by atoms with E-state index in [2.05, 4.69) is 5.32 Å². The van der Waals surface area contributed by atoms with Crippen molar-refractivity contribution in [3.63, 3.8) is 0 Å². The first-order valence-corrected chi connectivity index (χ1v) is 7.91. The lowest BCUT2D eigenvalue weighted by Crippen LogP contribution is -2.26. The van der Waals surface area contributed by atoms with Gasteiger partial charge in [-0.25, -0.2) is 0 Å². The van der Waals surface area contributed by atoms with E-state index in [1.54, 1.807) is 32.4 Å². The Morgan fingerprint density at radius 2 is 2.09 bits per heavy atom. The first-order valence-electron chi connectivity index (χ1n) is 7.03. The van der Waals surface area contributed by atoms with E-state index in [0.29, 0.717) is 11.5 Å². The smallest absolute Gasteiger partial charge is 0.244 e. The van der Waals surface area contributed by atoms with Crippen molar-refractivity contribution in [2.24, 2.45) is 0 Å². The Balaban J connectivity index is 1.90. The van der Waals surface area contributed by atoms with Crippen LogP contribution < -0.4 is 14.8 Å². The second-order valence-electron chi connectivity index (χ2n) is 4.72. The number of hydrogen-bond acceptors (Lipinski definition) is 5. The van der Waals surface area contributed by atoms with Crippen molar-refractivity contribution in [1.82, 2.24) is 5.32 Å². The van der Waals surface area contributed by atoms with Crippen LogP contribution in [0, 0.1) is 0 Å². The van der Waals surface area contributed by atoms with Crippen LogP contribution in [-0.4, -0.2) is 31.8 Å². The summed E-state index contributed by atoms with van der Waals surface area (Å²) in [6.07, 6.45) is 2.41. The topological polar surface area (TPSA) is 67.8 Å². The minimum atomic E-state index is -0.687. The van der Waals surface area contributed by atoms with Crippen molar-refractivity contribution in [2.75, 3.05) is 20.8 Å². The summed E-state index contributed by atoms with van der Waals surface area (Å²) in [7, 11) is 3.13. The molecule has 122 valence electrons. The summed E-state index contributed by atoms with van der Waals surface area (Å²) in [4.78, 5) is 12.6. The van der Waals surface area contributed by atoms with Crippen molar-refractivity contribution >= 4 is 23.3 Å². The van der Waals surface area contributed by atoms with E-state index >= 15 is 0 Å². The van der Waals surface area contributed by atoms with Crippen LogP contribution in [0.25, 0.3) is 6.08 Å². The molecule has 2 rings (SSSR count). The van der Waals surface area contributed by atoms with Gasteiger partial charge in [-0.1, -0.05) is 12.1 Å². The summed E-state index contributed by atoms with van der Waals surface area (Å²) < 4.78 is 10.4. The van der Waals surface area contributed by atoms with E-state index in [4.69, 9.17) is 9.47 Å². The highest BCUT2D eigenvalue weighted by Crippen LogP contribution is 2.27. The molecular formula is C17H19NO4S. The van der Waals surface area contributed by atoms with Crippen LogP contribution >= 0.6 is 11.3 Å². The number of rotatable bonds is 7. The molecule has 0 aliphatic rings. The largest absolute Gasteiger partial charge is 0.493 e. The number of hydrogen-bond donors (Lipinski definition) is 2. The normalized spacial score (nSPS) is 12.1. The van der Waals surface area contributed by atoms with Crippen LogP contribution in [0.5, 0.6) is 11.5 Å². The molecule has 1 atom stereocenters. The van der Waals surface area contributed by atoms with Crippen LogP contribution in [-0.2, 0) is 4.79 Å². The van der Waals surface area contributed by atoms with E-state index < -0.39 is 6.10 Å². The summed E-state index contributed by atoms with van der Waals surface area (Å²) in [5.41, 5.74) is 0.816. The Bertz CT molecular complexity index is 667. The predicted molar refractivity (Wildman–Crippen MR) is 90.9 cm³/mol. The minimum absolute atomic E-state index is 0.176. The van der Waals surface area contributed by atoms with Crippen LogP contribution in [0.2, 0.25) is 0 Å². The summed E-state index contributed by atoms with van der Waals surface area (Å²) in [6.45, 7) is 0.176. The first-order chi connectivity index (χ1) is 11.1. The Morgan fingerprint density at radius 3 is 2.74 bits per heavy atom. The number of aliphatic hydroxyl groups excluding tert-OH is 1. The molecule has 5 nitrogen and oxygen atoms in total. The highest BCUT2D eigenvalue weighted by atomic mass is 32.1. The quantitative estimate of drug-likeness (QED) is 0.765. The minimum Gasteiger partial charge on any atom is -0.493 e. The molecule has 23 heavy (non-hydrogen) atoms. The van der Waals surface area contributed by atoms with Gasteiger partial charge in [-0.2, -0.15) is 0 Å². The number of carbonyl (C=O) groups is 1. The molecule has 0 saturated carbocycles. The van der Waals surface area contributed by atoms with Gasteiger partial charge in [0.25, 0.3) is 0 Å². The Morgan fingerprint density at radius 1 is 1.30 bits per heavy atom. The lowest BCUT2D eigenvalue weighted by Gasteiger charge is -2.09. The standard InChI is InChI=1S/C17H19NO4S/c1-21-14-7-5-12(10-15(14)22-2)6-8-17(20)18-11-13(19)16-4-3-9-23-16/h3-10,13,19H,11H2,1-2H3,(H,18,20)/b8-6+. The third-order valence-electron chi connectivity index (χ3n) is 3.18. The number of aliphatic hydroxyl groups is 1. The van der Waals surface area contributed by atoms with Crippen molar-refractivity contribution < 1.29 is 19.4 Å². The van der Waals surface area contributed by atoms with Crippen LogP contribution in [0.4, 0.5) is 0 Å². The zero-order valence-electron chi connectivity index (χ0n) is 13.0. The molecule has 6 heteroatoms. The molecule has 2 aromatic rings. The van der Waals surface area contributed by atoms with E-state index in [1.165, 1.54) is 17.4 Å². The molecule has 0 bridgehead atoms. The van der Waals surface area contributed by atoms with Gasteiger partial charge in [0, 0.05) is 17.5 Å². The highest BCUT2D eigenvalue weighted by molar-refractivity contribution is 7.10. The SMILES string of the molecule is COc1ccc(/C=C/C(=O)NCC(O)c2cccs2)cc1OC. The van der Waals surface area contributed by atoms with Gasteiger partial charge in [-0.15, -0.1) is 11.3 Å². The first kappa shape index (κ1) is 17.1. The number of ether oxygens (including phenoxy) is 2. The summed E-state index contributed by atoms with van der Waals surface area (Å²) in [5, 5.41) is 14.5. The third kappa shape index (κ3) is 4.84. The second kappa shape index (κ2) is 8.36. The van der Waals surface area contributed by atoms with Crippen LogP contribution in [0.15, 0.2) is 41.8 Å². The van der Waals surface area contributed by atoms with Gasteiger partial charge in [0.1, 0.15) is 6.10 Å². The van der Waals surface area contributed by atoms with Gasteiger partial charge in [-0.3, -0.25) is 4.79 Å². The zero-order valence-corrected chi connectivity index (χ0v) is 13.8. The molecule has 1 heterocycles. The van der Waals surface area contributed by atoms with E-state index in [1.807, 2.05) is 23.6 Å². The average Bonchev–Trinajstić information content (AvgIpc) is 3.12. The molecule has 1 aromatic carbocycles. The second-order valence-corrected chi connectivity index (χ2v) is 5.70. The molecule has 0 fully saturated rings. The third-order valence-corrected chi connectivity index (χ3v) is 4.15. The fraction of sp³-hybridized carbons (Fsp3) is 0.235. The van der Waals surface area contributed by atoms with Gasteiger partial charge in [0.05, 0.1) is 14.2 Å². The summed E-state index contributed by atoms with van der Waals surface area (Å²) in [6, 6.07) is 9.08.